The fourth-order valence-electron chi connectivity index (χ4n) is 2.28. The number of carbonyl (C=O) groups is 1. The molecule has 0 aliphatic carbocycles. The highest BCUT2D eigenvalue weighted by Crippen LogP contribution is 2.28. The maximum atomic E-state index is 11.0. The maximum absolute atomic E-state index is 11.0. The molecule has 1 fully saturated rings. The fraction of sp³-hybridized carbons (Fsp3) is 0.462. The minimum atomic E-state index is -0.928. The van der Waals surface area contributed by atoms with Crippen molar-refractivity contribution in [2.45, 2.75) is 18.9 Å². The third-order valence-electron chi connectivity index (χ3n) is 3.39. The van der Waals surface area contributed by atoms with E-state index in [0.717, 1.165) is 31.6 Å². The van der Waals surface area contributed by atoms with Gasteiger partial charge in [-0.1, -0.05) is 0 Å². The summed E-state index contributed by atoms with van der Waals surface area (Å²) in [5, 5.41) is 9.00. The van der Waals surface area contributed by atoms with Crippen molar-refractivity contribution in [3.8, 4) is 0 Å². The molecule has 0 atom stereocenters. The monoisotopic (exact) mass is 250 g/mol. The van der Waals surface area contributed by atoms with Crippen LogP contribution in [-0.4, -0.2) is 37.4 Å². The third kappa shape index (κ3) is 2.56. The Morgan fingerprint density at radius 3 is 2.67 bits per heavy atom. The number of ether oxygens (including phenoxy) is 1. The summed E-state index contributed by atoms with van der Waals surface area (Å²) in [5.41, 5.74) is 7.62. The van der Waals surface area contributed by atoms with Gasteiger partial charge in [-0.3, -0.25) is 0 Å². The lowest BCUT2D eigenvalue weighted by atomic mass is 10.1. The van der Waals surface area contributed by atoms with Crippen LogP contribution in [0.25, 0.3) is 0 Å². The molecule has 1 aromatic rings. The Kier molecular flexibility index (Phi) is 3.72. The molecule has 1 heterocycles. The number of carboxylic acids is 1. The van der Waals surface area contributed by atoms with Gasteiger partial charge < -0.3 is 20.5 Å². The smallest absolute Gasteiger partial charge is 0.335 e. The molecule has 0 unspecified atom stereocenters. The molecule has 98 valence electrons. The Balaban J connectivity index is 2.18. The SMILES string of the molecule is COC1CCN(c2cc(C(=O)O)ccc2N)CC1. The van der Waals surface area contributed by atoms with Crippen LogP contribution in [0.2, 0.25) is 0 Å². The van der Waals surface area contributed by atoms with Gasteiger partial charge in [-0.25, -0.2) is 4.79 Å². The van der Waals surface area contributed by atoms with E-state index in [1.807, 2.05) is 0 Å². The Hall–Kier alpha value is -1.75. The van der Waals surface area contributed by atoms with Crippen LogP contribution in [-0.2, 0) is 4.74 Å². The second-order valence-corrected chi connectivity index (χ2v) is 4.50. The summed E-state index contributed by atoms with van der Waals surface area (Å²) in [6.07, 6.45) is 2.17. The van der Waals surface area contributed by atoms with Crippen LogP contribution in [0.15, 0.2) is 18.2 Å². The van der Waals surface area contributed by atoms with E-state index in [2.05, 4.69) is 4.90 Å². The number of hydrogen-bond acceptors (Lipinski definition) is 4. The zero-order valence-corrected chi connectivity index (χ0v) is 10.4. The van der Waals surface area contributed by atoms with Crippen molar-refractivity contribution in [3.05, 3.63) is 23.8 Å². The molecule has 0 aromatic heterocycles. The fourth-order valence-corrected chi connectivity index (χ4v) is 2.28. The molecule has 18 heavy (non-hydrogen) atoms. The van der Waals surface area contributed by atoms with Crippen molar-refractivity contribution in [3.63, 3.8) is 0 Å². The van der Waals surface area contributed by atoms with Gasteiger partial charge in [0.1, 0.15) is 0 Å². The summed E-state index contributed by atoms with van der Waals surface area (Å²) in [6.45, 7) is 1.68. The predicted octanol–water partition coefficient (Wildman–Crippen LogP) is 1.58. The third-order valence-corrected chi connectivity index (χ3v) is 3.39. The van der Waals surface area contributed by atoms with Crippen molar-refractivity contribution in [1.82, 2.24) is 0 Å². The largest absolute Gasteiger partial charge is 0.478 e. The number of piperidine rings is 1. The van der Waals surface area contributed by atoms with Crippen LogP contribution in [0.4, 0.5) is 11.4 Å². The number of hydrogen-bond donors (Lipinski definition) is 2. The molecule has 2 rings (SSSR count). The number of methoxy groups -OCH3 is 1. The molecule has 1 aromatic carbocycles. The molecule has 0 radical (unpaired) electrons. The molecule has 5 nitrogen and oxygen atoms in total. The van der Waals surface area contributed by atoms with Crippen molar-refractivity contribution >= 4 is 17.3 Å². The van der Waals surface area contributed by atoms with E-state index in [0.29, 0.717) is 11.8 Å². The minimum absolute atomic E-state index is 0.271. The summed E-state index contributed by atoms with van der Waals surface area (Å²) < 4.78 is 5.32. The number of nitrogens with zero attached hydrogens (tertiary/aromatic N) is 1. The van der Waals surface area contributed by atoms with Crippen LogP contribution in [0, 0.1) is 0 Å². The Morgan fingerprint density at radius 2 is 2.11 bits per heavy atom. The van der Waals surface area contributed by atoms with E-state index in [1.54, 1.807) is 19.2 Å². The normalized spacial score (nSPS) is 16.8. The number of aromatic carboxylic acids is 1. The van der Waals surface area contributed by atoms with Gasteiger partial charge in [-0.2, -0.15) is 0 Å². The van der Waals surface area contributed by atoms with Crippen LogP contribution < -0.4 is 10.6 Å². The zero-order valence-electron chi connectivity index (χ0n) is 10.4. The van der Waals surface area contributed by atoms with Crippen molar-refractivity contribution < 1.29 is 14.6 Å². The molecular weight excluding hydrogens is 232 g/mol. The highest BCUT2D eigenvalue weighted by Gasteiger charge is 2.21. The number of nitrogens with two attached hydrogens (primary N) is 1. The molecule has 0 bridgehead atoms. The van der Waals surface area contributed by atoms with E-state index in [9.17, 15) is 4.79 Å². The summed E-state index contributed by atoms with van der Waals surface area (Å²) in [7, 11) is 1.72. The number of anilines is 2. The maximum Gasteiger partial charge on any atom is 0.335 e. The molecule has 0 spiro atoms. The Morgan fingerprint density at radius 1 is 1.44 bits per heavy atom. The molecule has 5 heteroatoms. The average molecular weight is 250 g/mol. The first-order chi connectivity index (χ1) is 8.61. The topological polar surface area (TPSA) is 75.8 Å². The summed E-state index contributed by atoms with van der Waals surface area (Å²) >= 11 is 0. The second kappa shape index (κ2) is 5.27. The summed E-state index contributed by atoms with van der Waals surface area (Å²) in [5.74, 6) is -0.928. The number of nitrogen functional groups attached to an aromatic ring is 1. The van der Waals surface area contributed by atoms with E-state index >= 15 is 0 Å². The summed E-state index contributed by atoms with van der Waals surface area (Å²) in [6, 6.07) is 4.83. The van der Waals surface area contributed by atoms with Gasteiger partial charge >= 0.3 is 5.97 Å². The lowest BCUT2D eigenvalue weighted by molar-refractivity contribution is 0.0696. The highest BCUT2D eigenvalue weighted by atomic mass is 16.5. The second-order valence-electron chi connectivity index (χ2n) is 4.50. The van der Waals surface area contributed by atoms with Gasteiger partial charge in [0.2, 0.25) is 0 Å². The standard InChI is InChI=1S/C13H18N2O3/c1-18-10-4-6-15(7-5-10)12-8-9(13(16)17)2-3-11(12)14/h2-3,8,10H,4-7,14H2,1H3,(H,16,17). The predicted molar refractivity (Wildman–Crippen MR) is 70.1 cm³/mol. The van der Waals surface area contributed by atoms with E-state index in [4.69, 9.17) is 15.6 Å². The zero-order chi connectivity index (χ0) is 13.1. The first kappa shape index (κ1) is 12.7. The first-order valence-electron chi connectivity index (χ1n) is 6.02. The van der Waals surface area contributed by atoms with E-state index in [1.165, 1.54) is 6.07 Å². The molecule has 0 amide bonds. The van der Waals surface area contributed by atoms with Gasteiger partial charge in [-0.15, -0.1) is 0 Å². The number of benzene rings is 1. The molecule has 1 saturated heterocycles. The number of rotatable bonds is 3. The van der Waals surface area contributed by atoms with Gasteiger partial charge in [0.15, 0.2) is 0 Å². The van der Waals surface area contributed by atoms with Gasteiger partial charge in [0.25, 0.3) is 0 Å². The molecule has 0 saturated carbocycles. The molecule has 1 aliphatic rings. The lowest BCUT2D eigenvalue weighted by Gasteiger charge is -2.33. The highest BCUT2D eigenvalue weighted by molar-refractivity contribution is 5.90. The van der Waals surface area contributed by atoms with Crippen molar-refractivity contribution in [1.29, 1.82) is 0 Å². The molecular formula is C13H18N2O3. The van der Waals surface area contributed by atoms with Gasteiger partial charge in [-0.05, 0) is 31.0 Å². The molecule has 1 aliphatic heterocycles. The number of carboxylic acid groups (broad SMARTS) is 1. The lowest BCUT2D eigenvalue weighted by Crippen LogP contribution is -2.37. The van der Waals surface area contributed by atoms with E-state index in [-0.39, 0.29) is 5.56 Å². The van der Waals surface area contributed by atoms with Crippen LogP contribution in [0.5, 0.6) is 0 Å². The van der Waals surface area contributed by atoms with Gasteiger partial charge in [0.05, 0.1) is 23.0 Å². The van der Waals surface area contributed by atoms with Crippen LogP contribution >= 0.6 is 0 Å². The quantitative estimate of drug-likeness (QED) is 0.797. The Labute approximate surface area is 106 Å². The van der Waals surface area contributed by atoms with Crippen LogP contribution in [0.3, 0.4) is 0 Å². The first-order valence-corrected chi connectivity index (χ1v) is 6.02. The van der Waals surface area contributed by atoms with Crippen LogP contribution in [0.1, 0.15) is 23.2 Å². The van der Waals surface area contributed by atoms with E-state index < -0.39 is 5.97 Å². The minimum Gasteiger partial charge on any atom is -0.478 e. The molecule has 3 N–H and O–H groups in total. The van der Waals surface area contributed by atoms with Crippen molar-refractivity contribution in [2.75, 3.05) is 30.8 Å². The van der Waals surface area contributed by atoms with Crippen molar-refractivity contribution in [2.24, 2.45) is 0 Å². The average Bonchev–Trinajstić information content (AvgIpc) is 2.39. The summed E-state index contributed by atoms with van der Waals surface area (Å²) in [4.78, 5) is 13.1. The van der Waals surface area contributed by atoms with Gasteiger partial charge in [0, 0.05) is 20.2 Å². The Bertz CT molecular complexity index is 440.